The first kappa shape index (κ1) is 10.9. The van der Waals surface area contributed by atoms with E-state index >= 15 is 0 Å². The van der Waals surface area contributed by atoms with Gasteiger partial charge in [0.1, 0.15) is 0 Å². The molecule has 0 radical (unpaired) electrons. The highest BCUT2D eigenvalue weighted by Gasteiger charge is 2.11. The van der Waals surface area contributed by atoms with E-state index in [9.17, 15) is 0 Å². The number of hydrogen-bond donors (Lipinski definition) is 2. The fourth-order valence-electron chi connectivity index (χ4n) is 0.619. The van der Waals surface area contributed by atoms with Gasteiger partial charge < -0.3 is 14.8 Å². The number of methoxy groups -OCH3 is 1. The lowest BCUT2D eigenvalue weighted by molar-refractivity contribution is 0.289. The molecule has 0 aliphatic rings. The van der Waals surface area contributed by atoms with E-state index in [0.717, 1.165) is 0 Å². The molecule has 0 heterocycles. The smallest absolute Gasteiger partial charge is 0.481 e. The minimum Gasteiger partial charge on any atom is -0.481 e. The zero-order chi connectivity index (χ0) is 9.56. The molecule has 12 heavy (non-hydrogen) atoms. The summed E-state index contributed by atoms with van der Waals surface area (Å²) in [7, 11) is -0.0840. The van der Waals surface area contributed by atoms with Gasteiger partial charge in [-0.15, -0.1) is 0 Å². The highest BCUT2D eigenvalue weighted by atomic mass is 16.5. The summed E-state index contributed by atoms with van der Waals surface area (Å²) in [6, 6.07) is 0. The van der Waals surface area contributed by atoms with Crippen molar-refractivity contribution in [1.29, 1.82) is 0 Å². The van der Waals surface area contributed by atoms with Crippen LogP contribution in [0.25, 0.3) is 0 Å². The van der Waals surface area contributed by atoms with Crippen LogP contribution in [-0.2, 0) is 4.74 Å². The summed E-state index contributed by atoms with van der Waals surface area (Å²) in [6.45, 7) is 4.93. The molecule has 0 aliphatic carbocycles. The van der Waals surface area contributed by atoms with E-state index in [4.69, 9.17) is 14.8 Å². The predicted molar refractivity (Wildman–Crippen MR) is 48.6 cm³/mol. The number of ether oxygens (including phenoxy) is 1. The molecule has 0 unspecified atom stereocenters. The molecule has 0 saturated carbocycles. The Morgan fingerprint density at radius 3 is 2.42 bits per heavy atom. The van der Waals surface area contributed by atoms with E-state index in [1.165, 1.54) is 13.2 Å². The standard InChI is InChI=1S/C7H12BNO3/c1-4-6(8(10)11)5-7(9-2)12-3/h4-5,10-11H,2H2,1,3H3/b6-4+,7-5+. The fourth-order valence-corrected chi connectivity index (χ4v) is 0.619. The molecule has 0 rings (SSSR count). The third-order valence-electron chi connectivity index (χ3n) is 1.29. The van der Waals surface area contributed by atoms with Gasteiger partial charge in [-0.2, -0.15) is 0 Å². The van der Waals surface area contributed by atoms with E-state index in [-0.39, 0.29) is 5.88 Å². The number of allylic oxidation sites excluding steroid dienone is 3. The van der Waals surface area contributed by atoms with E-state index < -0.39 is 7.12 Å². The summed E-state index contributed by atoms with van der Waals surface area (Å²) in [4.78, 5) is 3.50. The van der Waals surface area contributed by atoms with Crippen LogP contribution < -0.4 is 0 Å². The first-order chi connectivity index (χ1) is 5.65. The average molecular weight is 169 g/mol. The number of aliphatic imine (C=N–C) groups is 1. The Balaban J connectivity index is 4.56. The molecule has 66 valence electrons. The largest absolute Gasteiger partial charge is 0.488 e. The van der Waals surface area contributed by atoms with Gasteiger partial charge in [0.15, 0.2) is 0 Å². The van der Waals surface area contributed by atoms with E-state index in [2.05, 4.69) is 11.7 Å². The molecule has 0 atom stereocenters. The van der Waals surface area contributed by atoms with Crippen LogP contribution in [0.1, 0.15) is 6.92 Å². The third-order valence-corrected chi connectivity index (χ3v) is 1.29. The Kier molecular flexibility index (Phi) is 5.07. The summed E-state index contributed by atoms with van der Waals surface area (Å²) in [5.74, 6) is 0.246. The molecule has 0 fully saturated rings. The van der Waals surface area contributed by atoms with Crippen molar-refractivity contribution in [1.82, 2.24) is 0 Å². The summed E-state index contributed by atoms with van der Waals surface area (Å²) in [5.41, 5.74) is 0.319. The number of nitrogens with zero attached hydrogens (tertiary/aromatic N) is 1. The minimum atomic E-state index is -1.51. The molecule has 4 nitrogen and oxygen atoms in total. The molecule has 0 aromatic rings. The van der Waals surface area contributed by atoms with Crippen LogP contribution in [0.2, 0.25) is 0 Å². The Morgan fingerprint density at radius 1 is 1.58 bits per heavy atom. The number of rotatable bonds is 4. The zero-order valence-electron chi connectivity index (χ0n) is 7.19. The van der Waals surface area contributed by atoms with Crippen LogP contribution in [0.3, 0.4) is 0 Å². The topological polar surface area (TPSA) is 62.1 Å². The van der Waals surface area contributed by atoms with Gasteiger partial charge >= 0.3 is 7.12 Å². The average Bonchev–Trinajstić information content (AvgIpc) is 2.06. The SMILES string of the molecule is C=N/C(=C\C(=C/C)B(O)O)OC. The van der Waals surface area contributed by atoms with Crippen LogP contribution in [0.5, 0.6) is 0 Å². The maximum absolute atomic E-state index is 8.78. The van der Waals surface area contributed by atoms with Crippen molar-refractivity contribution in [2.45, 2.75) is 6.92 Å². The van der Waals surface area contributed by atoms with Gasteiger partial charge in [0.25, 0.3) is 0 Å². The molecular formula is C7H12BNO3. The Hall–Kier alpha value is -1.07. The summed E-state index contributed by atoms with van der Waals surface area (Å²) >= 11 is 0. The third kappa shape index (κ3) is 3.36. The maximum atomic E-state index is 8.78. The lowest BCUT2D eigenvalue weighted by Crippen LogP contribution is -2.14. The van der Waals surface area contributed by atoms with Crippen molar-refractivity contribution in [3.8, 4) is 0 Å². The fraction of sp³-hybridized carbons (Fsp3) is 0.286. The Bertz CT molecular complexity index is 211. The van der Waals surface area contributed by atoms with Gasteiger partial charge in [-0.05, 0) is 25.2 Å². The molecular weight excluding hydrogens is 157 g/mol. The Morgan fingerprint density at radius 2 is 2.17 bits per heavy atom. The van der Waals surface area contributed by atoms with E-state index in [1.807, 2.05) is 0 Å². The second kappa shape index (κ2) is 5.57. The highest BCUT2D eigenvalue weighted by molar-refractivity contribution is 6.51. The second-order valence-electron chi connectivity index (χ2n) is 2.01. The van der Waals surface area contributed by atoms with Crippen molar-refractivity contribution in [3.05, 3.63) is 23.5 Å². The summed E-state index contributed by atoms with van der Waals surface area (Å²) in [5, 5.41) is 17.6. The first-order valence-electron chi connectivity index (χ1n) is 3.40. The lowest BCUT2D eigenvalue weighted by Gasteiger charge is -2.01. The monoisotopic (exact) mass is 169 g/mol. The lowest BCUT2D eigenvalue weighted by atomic mass is 9.79. The van der Waals surface area contributed by atoms with Gasteiger partial charge in [0.05, 0.1) is 7.11 Å². The van der Waals surface area contributed by atoms with Crippen LogP contribution in [0.15, 0.2) is 28.5 Å². The molecule has 2 N–H and O–H groups in total. The molecule has 0 amide bonds. The van der Waals surface area contributed by atoms with Gasteiger partial charge in [-0.25, -0.2) is 4.99 Å². The predicted octanol–water partition coefficient (Wildman–Crippen LogP) is 0.133. The summed E-state index contributed by atoms with van der Waals surface area (Å²) in [6.07, 6.45) is 2.95. The van der Waals surface area contributed by atoms with E-state index in [0.29, 0.717) is 5.47 Å². The molecule has 0 spiro atoms. The van der Waals surface area contributed by atoms with Gasteiger partial charge in [0.2, 0.25) is 5.88 Å². The van der Waals surface area contributed by atoms with Crippen molar-refractivity contribution >= 4 is 13.8 Å². The van der Waals surface area contributed by atoms with Crippen molar-refractivity contribution < 1.29 is 14.8 Å². The Labute approximate surface area is 72.0 Å². The normalized spacial score (nSPS) is 12.7. The van der Waals surface area contributed by atoms with Crippen molar-refractivity contribution in [2.24, 2.45) is 4.99 Å². The van der Waals surface area contributed by atoms with Crippen molar-refractivity contribution in [2.75, 3.05) is 7.11 Å². The molecule has 0 bridgehead atoms. The van der Waals surface area contributed by atoms with Gasteiger partial charge in [-0.3, -0.25) is 0 Å². The molecule has 0 saturated heterocycles. The number of hydrogen-bond acceptors (Lipinski definition) is 4. The summed E-state index contributed by atoms with van der Waals surface area (Å²) < 4.78 is 4.75. The van der Waals surface area contributed by atoms with Gasteiger partial charge in [0, 0.05) is 0 Å². The second-order valence-corrected chi connectivity index (χ2v) is 2.01. The highest BCUT2D eigenvalue weighted by Crippen LogP contribution is 2.05. The van der Waals surface area contributed by atoms with E-state index in [1.54, 1.807) is 13.0 Å². The van der Waals surface area contributed by atoms with Crippen LogP contribution in [-0.4, -0.2) is 31.0 Å². The van der Waals surface area contributed by atoms with Crippen LogP contribution >= 0.6 is 0 Å². The zero-order valence-corrected chi connectivity index (χ0v) is 7.19. The minimum absolute atomic E-state index is 0.246. The van der Waals surface area contributed by atoms with Crippen LogP contribution in [0, 0.1) is 0 Å². The van der Waals surface area contributed by atoms with Crippen molar-refractivity contribution in [3.63, 3.8) is 0 Å². The molecule has 0 aliphatic heterocycles. The molecule has 5 heteroatoms. The maximum Gasteiger partial charge on any atom is 0.488 e. The van der Waals surface area contributed by atoms with Gasteiger partial charge in [-0.1, -0.05) is 6.08 Å². The quantitative estimate of drug-likeness (QED) is 0.272. The molecule has 0 aromatic heterocycles. The van der Waals surface area contributed by atoms with Crippen LogP contribution in [0.4, 0.5) is 0 Å². The molecule has 0 aromatic carbocycles. The first-order valence-corrected chi connectivity index (χ1v) is 3.40.